The molecule has 1 N–H and O–H groups in total. The van der Waals surface area contributed by atoms with Crippen LogP contribution in [0.2, 0.25) is 0 Å². The summed E-state index contributed by atoms with van der Waals surface area (Å²) in [6, 6.07) is 0.750. The van der Waals surface area contributed by atoms with Crippen LogP contribution in [0.15, 0.2) is 0 Å². The highest BCUT2D eigenvalue weighted by molar-refractivity contribution is 4.84. The van der Waals surface area contributed by atoms with E-state index in [1.54, 1.807) is 0 Å². The smallest absolute Gasteiger partial charge is 0.0592 e. The Hall–Kier alpha value is -0.0800. The Bertz CT molecular complexity index is 143. The third-order valence-electron chi connectivity index (χ3n) is 3.29. The molecule has 0 aliphatic heterocycles. The molecule has 0 fully saturated rings. The van der Waals surface area contributed by atoms with Crippen LogP contribution in [0.1, 0.15) is 41.0 Å². The molecule has 0 aliphatic rings. The number of hydrogen-bond donors (Lipinski definition) is 1. The molecule has 0 saturated heterocycles. The Balaban J connectivity index is 4.49. The highest BCUT2D eigenvalue weighted by Crippen LogP contribution is 2.28. The zero-order chi connectivity index (χ0) is 10.6. The van der Waals surface area contributed by atoms with Crippen LogP contribution in [0.25, 0.3) is 0 Å². The lowest BCUT2D eigenvalue weighted by Crippen LogP contribution is -2.48. The molecule has 13 heavy (non-hydrogen) atoms. The van der Waals surface area contributed by atoms with Gasteiger partial charge in [-0.3, -0.25) is 4.90 Å². The van der Waals surface area contributed by atoms with E-state index in [1.807, 2.05) is 0 Å². The molecule has 0 saturated carbocycles. The quantitative estimate of drug-likeness (QED) is 0.712. The van der Waals surface area contributed by atoms with Crippen molar-refractivity contribution in [2.75, 3.05) is 13.7 Å². The van der Waals surface area contributed by atoms with Gasteiger partial charge in [0.1, 0.15) is 0 Å². The van der Waals surface area contributed by atoms with Gasteiger partial charge >= 0.3 is 0 Å². The van der Waals surface area contributed by atoms with E-state index in [0.717, 1.165) is 6.42 Å². The summed E-state index contributed by atoms with van der Waals surface area (Å²) in [5, 5.41) is 9.37. The van der Waals surface area contributed by atoms with Crippen molar-refractivity contribution in [2.24, 2.45) is 5.41 Å². The predicted octanol–water partition coefficient (Wildman–Crippen LogP) is 2.12. The lowest BCUT2D eigenvalue weighted by molar-refractivity contribution is 0.0354. The summed E-state index contributed by atoms with van der Waals surface area (Å²) in [5.41, 5.74) is 0.188. The van der Waals surface area contributed by atoms with Crippen LogP contribution in [0.4, 0.5) is 0 Å². The lowest BCUT2D eigenvalue weighted by atomic mass is 9.81. The van der Waals surface area contributed by atoms with E-state index in [2.05, 4.69) is 46.6 Å². The number of aliphatic hydroxyl groups is 1. The minimum Gasteiger partial charge on any atom is -0.395 e. The summed E-state index contributed by atoms with van der Waals surface area (Å²) in [4.78, 5) is 2.25. The first kappa shape index (κ1) is 12.9. The monoisotopic (exact) mass is 187 g/mol. The van der Waals surface area contributed by atoms with Gasteiger partial charge in [0.05, 0.1) is 6.61 Å². The fraction of sp³-hybridized carbons (Fsp3) is 1.00. The first-order valence-electron chi connectivity index (χ1n) is 5.19. The van der Waals surface area contributed by atoms with Crippen molar-refractivity contribution in [3.05, 3.63) is 0 Å². The zero-order valence-electron chi connectivity index (χ0n) is 9.96. The van der Waals surface area contributed by atoms with Crippen molar-refractivity contribution in [3.63, 3.8) is 0 Å². The maximum absolute atomic E-state index is 9.37. The summed E-state index contributed by atoms with van der Waals surface area (Å²) in [6.07, 6.45) is 1.09. The molecular weight excluding hydrogens is 162 g/mol. The van der Waals surface area contributed by atoms with E-state index in [4.69, 9.17) is 0 Å². The molecule has 1 unspecified atom stereocenters. The van der Waals surface area contributed by atoms with Crippen molar-refractivity contribution in [2.45, 2.75) is 53.1 Å². The van der Waals surface area contributed by atoms with Crippen molar-refractivity contribution in [1.29, 1.82) is 0 Å². The average molecular weight is 187 g/mol. The van der Waals surface area contributed by atoms with E-state index < -0.39 is 0 Å². The summed E-state index contributed by atoms with van der Waals surface area (Å²) in [6.45, 7) is 11.2. The topological polar surface area (TPSA) is 23.5 Å². The Kier molecular flexibility index (Phi) is 4.93. The van der Waals surface area contributed by atoms with Gasteiger partial charge < -0.3 is 5.11 Å². The number of nitrogens with zero attached hydrogens (tertiary/aromatic N) is 1. The predicted molar refractivity (Wildman–Crippen MR) is 57.8 cm³/mol. The van der Waals surface area contributed by atoms with Gasteiger partial charge in [0, 0.05) is 12.1 Å². The van der Waals surface area contributed by atoms with Gasteiger partial charge in [-0.2, -0.15) is 0 Å². The Morgan fingerprint density at radius 1 is 1.31 bits per heavy atom. The number of aliphatic hydroxyl groups excluding tert-OH is 1. The third-order valence-corrected chi connectivity index (χ3v) is 3.29. The summed E-state index contributed by atoms with van der Waals surface area (Å²) < 4.78 is 0. The summed E-state index contributed by atoms with van der Waals surface area (Å²) in [7, 11) is 2.09. The Labute approximate surface area is 82.9 Å². The summed E-state index contributed by atoms with van der Waals surface area (Å²) in [5.74, 6) is 0. The SMILES string of the molecule is CCC(C)(C)C(CO)N(C)C(C)C. The van der Waals surface area contributed by atoms with E-state index in [1.165, 1.54) is 0 Å². The van der Waals surface area contributed by atoms with Crippen LogP contribution in [0.3, 0.4) is 0 Å². The van der Waals surface area contributed by atoms with Gasteiger partial charge in [-0.05, 0) is 32.7 Å². The first-order valence-corrected chi connectivity index (χ1v) is 5.19. The van der Waals surface area contributed by atoms with Gasteiger partial charge in [0.2, 0.25) is 0 Å². The Morgan fingerprint density at radius 2 is 1.77 bits per heavy atom. The minimum atomic E-state index is 0.188. The largest absolute Gasteiger partial charge is 0.395 e. The zero-order valence-corrected chi connectivity index (χ0v) is 9.96. The standard InChI is InChI=1S/C11H25NO/c1-7-11(4,5)10(8-13)12(6)9(2)3/h9-10,13H,7-8H2,1-6H3. The highest BCUT2D eigenvalue weighted by atomic mass is 16.3. The van der Waals surface area contributed by atoms with Gasteiger partial charge in [0.15, 0.2) is 0 Å². The minimum absolute atomic E-state index is 0.188. The number of rotatable bonds is 5. The molecule has 0 radical (unpaired) electrons. The van der Waals surface area contributed by atoms with Crippen LogP contribution in [-0.2, 0) is 0 Å². The maximum atomic E-state index is 9.37. The molecule has 0 aliphatic carbocycles. The summed E-state index contributed by atoms with van der Waals surface area (Å²) >= 11 is 0. The van der Waals surface area contributed by atoms with Crippen LogP contribution < -0.4 is 0 Å². The Morgan fingerprint density at radius 3 is 2.00 bits per heavy atom. The normalized spacial score (nSPS) is 15.5. The number of likely N-dealkylation sites (N-methyl/N-ethyl adjacent to an activating group) is 1. The molecule has 0 bridgehead atoms. The molecule has 2 nitrogen and oxygen atoms in total. The molecule has 2 heteroatoms. The molecule has 0 amide bonds. The molecule has 0 heterocycles. The molecule has 0 aromatic rings. The van der Waals surface area contributed by atoms with Crippen molar-refractivity contribution >= 4 is 0 Å². The van der Waals surface area contributed by atoms with Crippen LogP contribution in [0.5, 0.6) is 0 Å². The second kappa shape index (κ2) is 4.97. The third kappa shape index (κ3) is 3.28. The van der Waals surface area contributed by atoms with Crippen molar-refractivity contribution in [3.8, 4) is 0 Å². The maximum Gasteiger partial charge on any atom is 0.0592 e. The van der Waals surface area contributed by atoms with E-state index in [0.29, 0.717) is 6.04 Å². The first-order chi connectivity index (χ1) is 5.86. The highest BCUT2D eigenvalue weighted by Gasteiger charge is 2.31. The van der Waals surface area contributed by atoms with E-state index in [9.17, 15) is 5.11 Å². The molecule has 0 rings (SSSR count). The number of hydrogen-bond acceptors (Lipinski definition) is 2. The molecule has 0 aromatic heterocycles. The molecule has 1 atom stereocenters. The van der Waals surface area contributed by atoms with Gasteiger partial charge in [-0.25, -0.2) is 0 Å². The fourth-order valence-electron chi connectivity index (χ4n) is 1.52. The van der Waals surface area contributed by atoms with E-state index >= 15 is 0 Å². The molecule has 0 spiro atoms. The van der Waals surface area contributed by atoms with Gasteiger partial charge in [0.25, 0.3) is 0 Å². The average Bonchev–Trinajstić information content (AvgIpc) is 2.05. The molecular formula is C11H25NO. The molecule has 80 valence electrons. The lowest BCUT2D eigenvalue weighted by Gasteiger charge is -2.40. The second-order valence-corrected chi connectivity index (χ2v) is 4.80. The van der Waals surface area contributed by atoms with Gasteiger partial charge in [-0.1, -0.05) is 20.8 Å². The van der Waals surface area contributed by atoms with Gasteiger partial charge in [-0.15, -0.1) is 0 Å². The van der Waals surface area contributed by atoms with Crippen molar-refractivity contribution < 1.29 is 5.11 Å². The van der Waals surface area contributed by atoms with E-state index in [-0.39, 0.29) is 18.1 Å². The van der Waals surface area contributed by atoms with Crippen LogP contribution in [-0.4, -0.2) is 35.7 Å². The van der Waals surface area contributed by atoms with Crippen LogP contribution in [0, 0.1) is 5.41 Å². The molecule has 0 aromatic carbocycles. The van der Waals surface area contributed by atoms with Crippen molar-refractivity contribution in [1.82, 2.24) is 4.90 Å². The second-order valence-electron chi connectivity index (χ2n) is 4.80. The fourth-order valence-corrected chi connectivity index (χ4v) is 1.52. The van der Waals surface area contributed by atoms with Crippen LogP contribution >= 0.6 is 0 Å².